The number of piperidine rings is 2. The molecule has 0 spiro atoms. The molecule has 1 aromatic heterocycles. The fraction of sp³-hybridized carbons (Fsp3) is 0.553. The summed E-state index contributed by atoms with van der Waals surface area (Å²) in [6.45, 7) is 7.33. The summed E-state index contributed by atoms with van der Waals surface area (Å²) in [4.78, 5) is 74.1. The van der Waals surface area contributed by atoms with E-state index in [1.54, 1.807) is 22.9 Å². The summed E-state index contributed by atoms with van der Waals surface area (Å²) in [5, 5.41) is 12.2. The van der Waals surface area contributed by atoms with Crippen LogP contribution in [-0.2, 0) is 34.2 Å². The Labute approximate surface area is 308 Å². The first kappa shape index (κ1) is 36.5. The highest BCUT2D eigenvalue weighted by Crippen LogP contribution is 2.27. The molecule has 1 atom stereocenters. The van der Waals surface area contributed by atoms with Gasteiger partial charge in [-0.05, 0) is 67.9 Å². The first-order chi connectivity index (χ1) is 25.5. The minimum atomic E-state index is -1.08. The molecule has 1 unspecified atom stereocenters. The number of hydrogen-bond donors (Lipinski definition) is 2. The van der Waals surface area contributed by atoms with Gasteiger partial charge in [-0.25, -0.2) is 14.4 Å². The number of aliphatic carboxylic acids is 1. The number of carbonyl (C=O) groups excluding carboxylic acids is 3. The van der Waals surface area contributed by atoms with Crippen LogP contribution in [0.2, 0.25) is 0 Å². The van der Waals surface area contributed by atoms with Crippen LogP contribution in [0.15, 0.2) is 45.6 Å². The van der Waals surface area contributed by atoms with E-state index in [9.17, 15) is 24.0 Å². The van der Waals surface area contributed by atoms with Crippen LogP contribution in [0.4, 0.5) is 15.3 Å². The molecule has 4 aliphatic rings. The Kier molecular flexibility index (Phi) is 10.7. The lowest BCUT2D eigenvalue weighted by Crippen LogP contribution is -2.55. The second kappa shape index (κ2) is 15.6. The van der Waals surface area contributed by atoms with Gasteiger partial charge >= 0.3 is 23.8 Å². The highest BCUT2D eigenvalue weighted by molar-refractivity contribution is 5.91. The topological polar surface area (TPSA) is 161 Å². The van der Waals surface area contributed by atoms with Crippen molar-refractivity contribution in [2.45, 2.75) is 63.6 Å². The lowest BCUT2D eigenvalue weighted by molar-refractivity contribution is -0.142. The van der Waals surface area contributed by atoms with E-state index in [2.05, 4.69) is 10.2 Å². The summed E-state index contributed by atoms with van der Waals surface area (Å²) in [5.74, 6) is -1.55. The zero-order valence-corrected chi connectivity index (χ0v) is 30.5. The van der Waals surface area contributed by atoms with Crippen LogP contribution in [0.1, 0.15) is 42.4 Å². The minimum absolute atomic E-state index is 0.0255. The van der Waals surface area contributed by atoms with E-state index in [1.807, 2.05) is 47.1 Å². The number of para-hydroxylation sites is 1. The van der Waals surface area contributed by atoms with E-state index >= 15 is 0 Å². The maximum atomic E-state index is 14.2. The summed E-state index contributed by atoms with van der Waals surface area (Å²) < 4.78 is 13.0. The van der Waals surface area contributed by atoms with Crippen LogP contribution in [-0.4, -0.2) is 142 Å². The molecule has 3 saturated heterocycles. The molecule has 53 heavy (non-hydrogen) atoms. The number of carboxylic acid groups (broad SMARTS) is 1. The number of nitrogens with zero attached hydrogens (tertiary/aromatic N) is 6. The third-order valence-electron chi connectivity index (χ3n) is 11.4. The number of urea groups is 1. The van der Waals surface area contributed by atoms with Crippen molar-refractivity contribution >= 4 is 40.8 Å². The second-order valence-corrected chi connectivity index (χ2v) is 14.8. The predicted molar refractivity (Wildman–Crippen MR) is 196 cm³/mol. The zero-order chi connectivity index (χ0) is 37.2. The fourth-order valence-electron chi connectivity index (χ4n) is 8.52. The largest absolute Gasteiger partial charge is 0.480 e. The molecule has 0 bridgehead atoms. The molecule has 2 N–H and O–H groups in total. The summed E-state index contributed by atoms with van der Waals surface area (Å²) in [7, 11) is 1.65. The summed E-state index contributed by atoms with van der Waals surface area (Å²) in [6, 6.07) is 11.6. The van der Waals surface area contributed by atoms with E-state index in [1.165, 1.54) is 4.57 Å². The first-order valence-corrected chi connectivity index (χ1v) is 18.7. The van der Waals surface area contributed by atoms with Gasteiger partial charge in [-0.2, -0.15) is 0 Å². The van der Waals surface area contributed by atoms with Crippen molar-refractivity contribution in [3.8, 4) is 0 Å². The Morgan fingerprint density at radius 1 is 0.906 bits per heavy atom. The number of carboxylic acids is 1. The van der Waals surface area contributed by atoms with Gasteiger partial charge in [-0.3, -0.25) is 24.0 Å². The summed E-state index contributed by atoms with van der Waals surface area (Å²) in [6.07, 6.45) is 1.96. The Bertz CT molecular complexity index is 1900. The van der Waals surface area contributed by atoms with Crippen molar-refractivity contribution in [3.63, 3.8) is 0 Å². The highest BCUT2D eigenvalue weighted by atomic mass is 16.6. The summed E-state index contributed by atoms with van der Waals surface area (Å²) >= 11 is 0. The number of likely N-dealkylation sites (tertiary alicyclic amines) is 2. The maximum Gasteiger partial charge on any atom is 0.419 e. The Balaban J connectivity index is 1.00. The average Bonchev–Trinajstić information content (AvgIpc) is 3.33. The number of ether oxygens (including phenoxy) is 1. The number of hydrogen-bond acceptors (Lipinski definition) is 9. The van der Waals surface area contributed by atoms with Gasteiger partial charge in [0.1, 0.15) is 0 Å². The number of rotatable bonds is 8. The van der Waals surface area contributed by atoms with Crippen molar-refractivity contribution in [1.29, 1.82) is 0 Å². The third-order valence-corrected chi connectivity index (χ3v) is 11.4. The third kappa shape index (κ3) is 8.05. The molecule has 15 heteroatoms. The Morgan fingerprint density at radius 2 is 1.58 bits per heavy atom. The number of aryl methyl sites for hydroxylation is 2. The number of anilines is 1. The van der Waals surface area contributed by atoms with Gasteiger partial charge in [0, 0.05) is 90.1 Å². The summed E-state index contributed by atoms with van der Waals surface area (Å²) in [5.41, 5.74) is 4.56. The van der Waals surface area contributed by atoms with Gasteiger partial charge in [0.2, 0.25) is 0 Å². The molecule has 15 nitrogen and oxygen atoms in total. The highest BCUT2D eigenvalue weighted by Gasteiger charge is 2.37. The van der Waals surface area contributed by atoms with Gasteiger partial charge in [0.05, 0.1) is 12.1 Å². The standard InChI is InChI=1S/C38H49N7O8/c1-25-21-26(22-31-34(25)40(2)37(50)52-31)23-32(35(48)43-12-8-28(9-13-43)42-19-17-41(18-20-42)24-33(46)47)53-38(51)44-14-10-29(11-15-44)45-16-7-27-5-3-4-6-30(27)39-36(45)49/h3-6,21-22,28-29,32H,7-20,23-24H2,1-2H3,(H,39,49)(H,46,47). The molecular weight excluding hydrogens is 682 g/mol. The average molecular weight is 732 g/mol. The molecule has 5 heterocycles. The monoisotopic (exact) mass is 731 g/mol. The Morgan fingerprint density at radius 3 is 2.30 bits per heavy atom. The van der Waals surface area contributed by atoms with Crippen LogP contribution >= 0.6 is 0 Å². The maximum absolute atomic E-state index is 14.2. The van der Waals surface area contributed by atoms with Gasteiger partial charge in [0.25, 0.3) is 5.91 Å². The Hall–Kier alpha value is -4.89. The van der Waals surface area contributed by atoms with E-state index in [0.29, 0.717) is 75.8 Å². The smallest absolute Gasteiger partial charge is 0.419 e. The number of carbonyl (C=O) groups is 4. The van der Waals surface area contributed by atoms with Crippen molar-refractivity contribution in [3.05, 3.63) is 63.6 Å². The van der Waals surface area contributed by atoms with Crippen molar-refractivity contribution in [2.75, 3.05) is 70.8 Å². The molecule has 3 fully saturated rings. The molecule has 0 aliphatic carbocycles. The van der Waals surface area contributed by atoms with E-state index in [0.717, 1.165) is 54.7 Å². The molecule has 4 aliphatic heterocycles. The van der Waals surface area contributed by atoms with E-state index < -0.39 is 23.9 Å². The second-order valence-electron chi connectivity index (χ2n) is 14.8. The quantitative estimate of drug-likeness (QED) is 0.353. The van der Waals surface area contributed by atoms with Crippen LogP contribution in [0.5, 0.6) is 0 Å². The molecule has 284 valence electrons. The van der Waals surface area contributed by atoms with Gasteiger partial charge in [-0.1, -0.05) is 24.3 Å². The molecule has 7 rings (SSSR count). The van der Waals surface area contributed by atoms with Crippen LogP contribution < -0.4 is 11.1 Å². The molecule has 3 aromatic rings. The predicted octanol–water partition coefficient (Wildman–Crippen LogP) is 2.74. The first-order valence-electron chi connectivity index (χ1n) is 18.7. The number of nitrogens with one attached hydrogen (secondary N) is 1. The molecule has 2 aromatic carbocycles. The number of fused-ring (bicyclic) bond motifs is 2. The minimum Gasteiger partial charge on any atom is -0.480 e. The van der Waals surface area contributed by atoms with Crippen LogP contribution in [0.3, 0.4) is 0 Å². The van der Waals surface area contributed by atoms with Gasteiger partial charge in [-0.15, -0.1) is 0 Å². The van der Waals surface area contributed by atoms with E-state index in [4.69, 9.17) is 14.3 Å². The van der Waals surface area contributed by atoms with Crippen molar-refractivity contribution in [1.82, 2.24) is 29.1 Å². The fourth-order valence-corrected chi connectivity index (χ4v) is 8.52. The molecule has 4 amide bonds. The van der Waals surface area contributed by atoms with Gasteiger partial charge in [0.15, 0.2) is 11.7 Å². The zero-order valence-electron chi connectivity index (χ0n) is 30.5. The van der Waals surface area contributed by atoms with Crippen molar-refractivity contribution < 1.29 is 33.4 Å². The lowest BCUT2D eigenvalue weighted by atomic mass is 9.99. The van der Waals surface area contributed by atoms with E-state index in [-0.39, 0.29) is 30.9 Å². The van der Waals surface area contributed by atoms with Crippen molar-refractivity contribution in [2.24, 2.45) is 7.05 Å². The molecule has 0 saturated carbocycles. The lowest BCUT2D eigenvalue weighted by Gasteiger charge is -2.43. The van der Waals surface area contributed by atoms with Crippen LogP contribution in [0.25, 0.3) is 11.1 Å². The molecule has 0 radical (unpaired) electrons. The van der Waals surface area contributed by atoms with Gasteiger partial charge < -0.3 is 34.3 Å². The SMILES string of the molecule is Cc1cc(CC(OC(=O)N2CCC(N3CCc4ccccc4NC3=O)CC2)C(=O)N2CCC(N3CCN(CC(=O)O)CC3)CC2)cc2oc(=O)n(C)c12. The number of aromatic nitrogens is 1. The number of amides is 4. The number of oxazole rings is 1. The number of benzene rings is 2. The number of piperazine rings is 1. The molecular formula is C38H49N7O8. The normalized spacial score (nSPS) is 20.2. The van der Waals surface area contributed by atoms with Crippen LogP contribution in [0, 0.1) is 6.92 Å².